The lowest BCUT2D eigenvalue weighted by atomic mass is 9.93. The summed E-state index contributed by atoms with van der Waals surface area (Å²) in [7, 11) is 1.55. The Hall–Kier alpha value is -3.60. The summed E-state index contributed by atoms with van der Waals surface area (Å²) in [5.74, 6) is 0.00321. The first-order chi connectivity index (χ1) is 15.0. The smallest absolute Gasteiger partial charge is 0.407 e. The van der Waals surface area contributed by atoms with Gasteiger partial charge < -0.3 is 30.4 Å². The van der Waals surface area contributed by atoms with E-state index in [-0.39, 0.29) is 17.5 Å². The van der Waals surface area contributed by atoms with Gasteiger partial charge in [-0.05, 0) is 25.0 Å². The number of aromatic nitrogens is 3. The highest BCUT2D eigenvalue weighted by Gasteiger charge is 2.26. The Morgan fingerprint density at radius 2 is 2.10 bits per heavy atom. The number of piperidine rings is 1. The van der Waals surface area contributed by atoms with Gasteiger partial charge in [0.15, 0.2) is 0 Å². The lowest BCUT2D eigenvalue weighted by Gasteiger charge is -2.30. The van der Waals surface area contributed by atoms with Crippen molar-refractivity contribution in [1.82, 2.24) is 24.8 Å². The number of urea groups is 1. The van der Waals surface area contributed by atoms with Gasteiger partial charge in [0.25, 0.3) is 5.56 Å². The van der Waals surface area contributed by atoms with Gasteiger partial charge in [-0.1, -0.05) is 6.07 Å². The van der Waals surface area contributed by atoms with Crippen molar-refractivity contribution in [3.8, 4) is 0 Å². The fraction of sp³-hybridized carbons (Fsp3) is 0.400. The van der Waals surface area contributed by atoms with Crippen LogP contribution in [0.4, 0.5) is 15.3 Å². The topological polar surface area (TPSA) is 141 Å². The number of H-pyrrole nitrogens is 1. The lowest BCUT2D eigenvalue weighted by molar-refractivity contribution is 0.131. The van der Waals surface area contributed by atoms with Crippen molar-refractivity contribution < 1.29 is 19.4 Å². The molecule has 0 bridgehead atoms. The number of hydrogen-bond acceptors (Lipinski definition) is 5. The number of carboxylic acid groups (broad SMARTS) is 1. The molecule has 0 radical (unpaired) electrons. The molecular weight excluding hydrogens is 404 g/mol. The number of methoxy groups -OCH3 is 1. The number of hydrogen-bond donors (Lipinski definition) is 4. The third kappa shape index (κ3) is 4.17. The average Bonchev–Trinajstić information content (AvgIpc) is 3.13. The Morgan fingerprint density at radius 3 is 2.81 bits per heavy atom. The minimum Gasteiger partial charge on any atom is -0.465 e. The van der Waals surface area contributed by atoms with Crippen molar-refractivity contribution in [1.29, 1.82) is 0 Å². The van der Waals surface area contributed by atoms with Gasteiger partial charge in [0, 0.05) is 38.7 Å². The molecule has 11 nitrogen and oxygen atoms in total. The maximum absolute atomic E-state index is 12.5. The zero-order chi connectivity index (χ0) is 22.0. The molecule has 1 aromatic carbocycles. The monoisotopic (exact) mass is 428 g/mol. The first kappa shape index (κ1) is 20.7. The number of nitrogens with one attached hydrogen (secondary N) is 3. The molecule has 3 heterocycles. The van der Waals surface area contributed by atoms with Gasteiger partial charge >= 0.3 is 12.1 Å². The van der Waals surface area contributed by atoms with E-state index in [0.29, 0.717) is 61.3 Å². The van der Waals surface area contributed by atoms with Gasteiger partial charge in [0.05, 0.1) is 28.9 Å². The number of amides is 3. The minimum absolute atomic E-state index is 0.00321. The van der Waals surface area contributed by atoms with Gasteiger partial charge in [-0.25, -0.2) is 14.1 Å². The van der Waals surface area contributed by atoms with Crippen LogP contribution in [0.3, 0.4) is 0 Å². The number of anilines is 1. The average molecular weight is 428 g/mol. The van der Waals surface area contributed by atoms with Crippen molar-refractivity contribution in [2.75, 3.05) is 38.7 Å². The number of aromatic amines is 1. The van der Waals surface area contributed by atoms with Crippen LogP contribution in [-0.4, -0.2) is 70.1 Å². The van der Waals surface area contributed by atoms with Crippen molar-refractivity contribution in [3.63, 3.8) is 0 Å². The fourth-order valence-corrected chi connectivity index (χ4v) is 3.98. The molecule has 1 saturated heterocycles. The van der Waals surface area contributed by atoms with Gasteiger partial charge in [-0.3, -0.25) is 4.79 Å². The molecule has 4 N–H and O–H groups in total. The molecule has 164 valence electrons. The summed E-state index contributed by atoms with van der Waals surface area (Å²) in [4.78, 5) is 40.1. The normalized spacial score (nSPS) is 14.8. The van der Waals surface area contributed by atoms with Gasteiger partial charge in [0.1, 0.15) is 5.65 Å². The first-order valence-corrected chi connectivity index (χ1v) is 10.0. The number of likely N-dealkylation sites (tertiary alicyclic amines) is 1. The largest absolute Gasteiger partial charge is 0.465 e. The van der Waals surface area contributed by atoms with E-state index in [9.17, 15) is 19.5 Å². The zero-order valence-electron chi connectivity index (χ0n) is 17.1. The Bertz CT molecular complexity index is 1180. The van der Waals surface area contributed by atoms with E-state index >= 15 is 0 Å². The molecule has 0 spiro atoms. The van der Waals surface area contributed by atoms with Crippen LogP contribution in [0.25, 0.3) is 16.6 Å². The van der Waals surface area contributed by atoms with Crippen LogP contribution < -0.4 is 16.2 Å². The van der Waals surface area contributed by atoms with E-state index in [1.165, 1.54) is 11.0 Å². The number of nitrogens with zero attached hydrogens (tertiary/aromatic N) is 3. The van der Waals surface area contributed by atoms with Crippen LogP contribution >= 0.6 is 0 Å². The van der Waals surface area contributed by atoms with Crippen LogP contribution in [0.15, 0.2) is 29.1 Å². The minimum atomic E-state index is -0.932. The zero-order valence-corrected chi connectivity index (χ0v) is 17.1. The number of carbonyl (C=O) groups excluding carboxylic acids is 1. The molecule has 1 aliphatic heterocycles. The SMILES string of the molecule is COCCNC(=O)Nc1cccc2nn3c(C4CCN(C(=O)O)CC4)cc(=O)[nH]c3c12. The number of fused-ring (bicyclic) bond motifs is 3. The summed E-state index contributed by atoms with van der Waals surface area (Å²) in [5, 5.41) is 20.0. The molecule has 1 aliphatic rings. The molecular formula is C20H24N6O5. The standard InChI is InChI=1S/C20H24N6O5/c1-31-10-7-21-19(28)22-13-3-2-4-14-17(13)18-23-16(27)11-15(26(18)24-14)12-5-8-25(9-6-12)20(29)30/h2-4,11-12H,5-10H2,1H3,(H,23,27)(H,29,30)(H2,21,22,28). The molecule has 4 rings (SSSR count). The van der Waals surface area contributed by atoms with E-state index in [1.807, 2.05) is 6.07 Å². The first-order valence-electron chi connectivity index (χ1n) is 10.0. The van der Waals surface area contributed by atoms with Crippen molar-refractivity contribution >= 4 is 34.4 Å². The summed E-state index contributed by atoms with van der Waals surface area (Å²) in [6.07, 6.45) is 0.279. The molecule has 11 heteroatoms. The Kier molecular flexibility index (Phi) is 5.76. The predicted octanol–water partition coefficient (Wildman–Crippen LogP) is 1.80. The second-order valence-electron chi connectivity index (χ2n) is 7.44. The van der Waals surface area contributed by atoms with Crippen LogP contribution in [0.1, 0.15) is 24.5 Å². The van der Waals surface area contributed by atoms with E-state index in [0.717, 1.165) is 5.69 Å². The molecule has 31 heavy (non-hydrogen) atoms. The predicted molar refractivity (Wildman–Crippen MR) is 114 cm³/mol. The summed E-state index contributed by atoms with van der Waals surface area (Å²) in [6, 6.07) is 6.47. The third-order valence-corrected chi connectivity index (χ3v) is 5.49. The van der Waals surface area contributed by atoms with E-state index in [4.69, 9.17) is 4.74 Å². The molecule has 1 fully saturated rings. The highest BCUT2D eigenvalue weighted by Crippen LogP contribution is 2.31. The Morgan fingerprint density at radius 1 is 1.32 bits per heavy atom. The number of benzene rings is 1. The third-order valence-electron chi connectivity index (χ3n) is 5.49. The molecule has 0 unspecified atom stereocenters. The number of rotatable bonds is 5. The fourth-order valence-electron chi connectivity index (χ4n) is 3.98. The van der Waals surface area contributed by atoms with Crippen molar-refractivity contribution in [3.05, 3.63) is 40.3 Å². The van der Waals surface area contributed by atoms with E-state index < -0.39 is 6.09 Å². The van der Waals surface area contributed by atoms with E-state index in [1.54, 1.807) is 23.8 Å². The van der Waals surface area contributed by atoms with Crippen LogP contribution in [0.5, 0.6) is 0 Å². The molecule has 2 aromatic heterocycles. The molecule has 0 aliphatic carbocycles. The van der Waals surface area contributed by atoms with Gasteiger partial charge in [-0.2, -0.15) is 5.10 Å². The maximum Gasteiger partial charge on any atom is 0.407 e. The van der Waals surface area contributed by atoms with E-state index in [2.05, 4.69) is 20.7 Å². The highest BCUT2D eigenvalue weighted by molar-refractivity contribution is 6.07. The summed E-state index contributed by atoms with van der Waals surface area (Å²) >= 11 is 0. The summed E-state index contributed by atoms with van der Waals surface area (Å²) in [5.41, 5.74) is 2.10. The van der Waals surface area contributed by atoms with Crippen molar-refractivity contribution in [2.45, 2.75) is 18.8 Å². The van der Waals surface area contributed by atoms with Crippen LogP contribution in [0.2, 0.25) is 0 Å². The quantitative estimate of drug-likeness (QED) is 0.457. The molecule has 0 saturated carbocycles. The molecule has 3 aromatic rings. The van der Waals surface area contributed by atoms with Gasteiger partial charge in [-0.15, -0.1) is 0 Å². The second-order valence-corrected chi connectivity index (χ2v) is 7.44. The Balaban J connectivity index is 1.70. The Labute approximate surface area is 177 Å². The summed E-state index contributed by atoms with van der Waals surface area (Å²) < 4.78 is 6.63. The molecule has 0 atom stereocenters. The lowest BCUT2D eigenvalue weighted by Crippen LogP contribution is -2.37. The van der Waals surface area contributed by atoms with Gasteiger partial charge in [0.2, 0.25) is 0 Å². The van der Waals surface area contributed by atoms with Crippen molar-refractivity contribution in [2.24, 2.45) is 0 Å². The molecule has 3 amide bonds. The number of ether oxygens (including phenoxy) is 1. The number of carbonyl (C=O) groups is 2. The second kappa shape index (κ2) is 8.64. The maximum atomic E-state index is 12.5. The van der Waals surface area contributed by atoms with Crippen LogP contribution in [-0.2, 0) is 4.74 Å². The highest BCUT2D eigenvalue weighted by atomic mass is 16.5. The van der Waals surface area contributed by atoms with Crippen LogP contribution in [0, 0.1) is 0 Å². The summed E-state index contributed by atoms with van der Waals surface area (Å²) in [6.45, 7) is 1.57.